The average Bonchev–Trinajstić information content (AvgIpc) is 2.72. The summed E-state index contributed by atoms with van der Waals surface area (Å²) in [4.78, 5) is 0. The molecule has 0 aliphatic heterocycles. The van der Waals surface area contributed by atoms with Crippen molar-refractivity contribution in [3.8, 4) is 0 Å². The number of aryl methyl sites for hydroxylation is 3. The number of nitrogen functional groups attached to an aromatic ring is 1. The molecular formula is C25H30N4. The van der Waals surface area contributed by atoms with Gasteiger partial charge >= 0.3 is 0 Å². The Kier molecular flexibility index (Phi) is 8.16. The molecule has 2 rings (SSSR count). The van der Waals surface area contributed by atoms with Crippen LogP contribution in [0.25, 0.3) is 0 Å². The molecule has 2 aromatic rings. The molecule has 0 heterocycles. The van der Waals surface area contributed by atoms with Gasteiger partial charge in [-0.1, -0.05) is 73.3 Å². The maximum absolute atomic E-state index is 7.46. The number of hydrogen-bond acceptors (Lipinski definition) is 2. The van der Waals surface area contributed by atoms with Crippen LogP contribution in [0.1, 0.15) is 35.6 Å². The molecule has 2 aromatic carbocycles. The van der Waals surface area contributed by atoms with E-state index >= 15 is 0 Å². The van der Waals surface area contributed by atoms with E-state index in [1.54, 1.807) is 0 Å². The van der Waals surface area contributed by atoms with E-state index < -0.39 is 0 Å². The van der Waals surface area contributed by atoms with E-state index in [1.165, 1.54) is 16.7 Å². The van der Waals surface area contributed by atoms with Crippen molar-refractivity contribution in [1.29, 1.82) is 10.8 Å². The van der Waals surface area contributed by atoms with Gasteiger partial charge in [-0.05, 0) is 60.4 Å². The van der Waals surface area contributed by atoms with Crippen LogP contribution in [0.4, 0.5) is 0 Å². The molecule has 0 saturated heterocycles. The predicted molar refractivity (Wildman–Crippen MR) is 124 cm³/mol. The second-order valence-corrected chi connectivity index (χ2v) is 7.14. The molecule has 0 spiro atoms. The van der Waals surface area contributed by atoms with Crippen LogP contribution in [-0.2, 0) is 19.3 Å². The van der Waals surface area contributed by atoms with Gasteiger partial charge in [0.05, 0.1) is 0 Å². The van der Waals surface area contributed by atoms with E-state index in [-0.39, 0.29) is 11.7 Å². The van der Waals surface area contributed by atoms with Gasteiger partial charge in [0.1, 0.15) is 11.7 Å². The summed E-state index contributed by atoms with van der Waals surface area (Å²) in [7, 11) is 0. The molecule has 0 bridgehead atoms. The van der Waals surface area contributed by atoms with Gasteiger partial charge in [0, 0.05) is 5.56 Å². The Morgan fingerprint density at radius 3 is 2.10 bits per heavy atom. The van der Waals surface area contributed by atoms with Crippen molar-refractivity contribution in [3.05, 3.63) is 107 Å². The van der Waals surface area contributed by atoms with Crippen LogP contribution in [-0.4, -0.2) is 11.7 Å². The van der Waals surface area contributed by atoms with Gasteiger partial charge in [-0.15, -0.1) is 0 Å². The van der Waals surface area contributed by atoms with Gasteiger partial charge in [-0.3, -0.25) is 10.8 Å². The Morgan fingerprint density at radius 1 is 0.897 bits per heavy atom. The highest BCUT2D eigenvalue weighted by molar-refractivity contribution is 5.95. The van der Waals surface area contributed by atoms with Crippen molar-refractivity contribution < 1.29 is 0 Å². The van der Waals surface area contributed by atoms with Gasteiger partial charge < -0.3 is 11.5 Å². The summed E-state index contributed by atoms with van der Waals surface area (Å²) in [5.74, 6) is 0.192. The lowest BCUT2D eigenvalue weighted by Crippen LogP contribution is -2.10. The van der Waals surface area contributed by atoms with Crippen molar-refractivity contribution in [1.82, 2.24) is 0 Å². The monoisotopic (exact) mass is 386 g/mol. The molecule has 4 heteroatoms. The molecule has 4 nitrogen and oxygen atoms in total. The van der Waals surface area contributed by atoms with Crippen molar-refractivity contribution >= 4 is 11.7 Å². The normalized spacial score (nSPS) is 11.9. The molecular weight excluding hydrogens is 356 g/mol. The standard InChI is InChI=1S/C25H30N4/c1-3-19(8-7-18(2)24(26)27)9-11-21-5-4-6-22(17-21)12-10-20-13-15-23(16-14-20)25(28)29/h3-8,13-17H,1,9-12H2,2H3,(H3,26,27)(H3,28,29)/b18-7+,19-8+. The van der Waals surface area contributed by atoms with E-state index in [2.05, 4.69) is 30.8 Å². The Bertz CT molecular complexity index is 934. The number of benzene rings is 2. The fraction of sp³-hybridized carbons (Fsp3) is 0.200. The Hall–Kier alpha value is -3.40. The minimum atomic E-state index is 0.0910. The third kappa shape index (κ3) is 7.26. The Balaban J connectivity index is 1.95. The summed E-state index contributed by atoms with van der Waals surface area (Å²) in [6.45, 7) is 5.72. The first-order valence-electron chi connectivity index (χ1n) is 9.74. The number of hydrogen-bond donors (Lipinski definition) is 4. The number of amidine groups is 2. The fourth-order valence-corrected chi connectivity index (χ4v) is 2.94. The third-order valence-corrected chi connectivity index (χ3v) is 4.90. The number of rotatable bonds is 10. The first-order chi connectivity index (χ1) is 13.9. The van der Waals surface area contributed by atoms with Crippen LogP contribution in [0, 0.1) is 10.8 Å². The van der Waals surface area contributed by atoms with E-state index in [0.717, 1.165) is 42.4 Å². The first-order valence-corrected chi connectivity index (χ1v) is 9.74. The second-order valence-electron chi connectivity index (χ2n) is 7.14. The average molecular weight is 387 g/mol. The van der Waals surface area contributed by atoms with Crippen LogP contribution in [0.2, 0.25) is 0 Å². The van der Waals surface area contributed by atoms with Gasteiger partial charge in [0.15, 0.2) is 0 Å². The third-order valence-electron chi connectivity index (χ3n) is 4.90. The van der Waals surface area contributed by atoms with Gasteiger partial charge in [0.25, 0.3) is 0 Å². The van der Waals surface area contributed by atoms with Gasteiger partial charge in [-0.25, -0.2) is 0 Å². The number of allylic oxidation sites excluding steroid dienone is 4. The van der Waals surface area contributed by atoms with E-state index in [0.29, 0.717) is 0 Å². The highest BCUT2D eigenvalue weighted by Gasteiger charge is 2.01. The lowest BCUT2D eigenvalue weighted by Gasteiger charge is -2.07. The summed E-state index contributed by atoms with van der Waals surface area (Å²) >= 11 is 0. The number of nitrogens with two attached hydrogens (primary N) is 2. The molecule has 0 aliphatic rings. The van der Waals surface area contributed by atoms with Gasteiger partial charge in [-0.2, -0.15) is 0 Å². The molecule has 150 valence electrons. The largest absolute Gasteiger partial charge is 0.384 e. The first kappa shape index (κ1) is 21.9. The predicted octanol–water partition coefficient (Wildman–Crippen LogP) is 4.68. The summed E-state index contributed by atoms with van der Waals surface area (Å²) < 4.78 is 0. The van der Waals surface area contributed by atoms with Gasteiger partial charge in [0.2, 0.25) is 0 Å². The minimum absolute atomic E-state index is 0.0910. The van der Waals surface area contributed by atoms with Crippen molar-refractivity contribution in [2.45, 2.75) is 32.6 Å². The molecule has 0 aliphatic carbocycles. The quantitative estimate of drug-likeness (QED) is 0.271. The highest BCUT2D eigenvalue weighted by Crippen LogP contribution is 2.15. The zero-order valence-corrected chi connectivity index (χ0v) is 17.0. The molecule has 0 atom stereocenters. The Morgan fingerprint density at radius 2 is 1.52 bits per heavy atom. The molecule has 6 N–H and O–H groups in total. The summed E-state index contributed by atoms with van der Waals surface area (Å²) in [5.41, 5.74) is 17.5. The second kappa shape index (κ2) is 10.8. The number of nitrogens with one attached hydrogen (secondary N) is 2. The van der Waals surface area contributed by atoms with Crippen molar-refractivity contribution in [2.24, 2.45) is 11.5 Å². The summed E-state index contributed by atoms with van der Waals surface area (Å²) in [5, 5.41) is 14.9. The zero-order valence-electron chi connectivity index (χ0n) is 17.0. The summed E-state index contributed by atoms with van der Waals surface area (Å²) in [6.07, 6.45) is 9.46. The SMILES string of the molecule is C=C/C(=C\C=C(/C)C(=N)N)CCc1cccc(CCc2ccc(C(=N)N)cc2)c1. The van der Waals surface area contributed by atoms with Crippen LogP contribution in [0.3, 0.4) is 0 Å². The Labute approximate surface area is 173 Å². The van der Waals surface area contributed by atoms with Crippen LogP contribution in [0.5, 0.6) is 0 Å². The van der Waals surface area contributed by atoms with Crippen LogP contribution in [0.15, 0.2) is 84.5 Å². The molecule has 0 aromatic heterocycles. The van der Waals surface area contributed by atoms with Crippen LogP contribution < -0.4 is 11.5 Å². The smallest absolute Gasteiger partial charge is 0.122 e. The van der Waals surface area contributed by atoms with Crippen molar-refractivity contribution in [2.75, 3.05) is 0 Å². The van der Waals surface area contributed by atoms with E-state index in [4.69, 9.17) is 22.3 Å². The van der Waals surface area contributed by atoms with Crippen molar-refractivity contribution in [3.63, 3.8) is 0 Å². The van der Waals surface area contributed by atoms with Crippen LogP contribution >= 0.6 is 0 Å². The fourth-order valence-electron chi connectivity index (χ4n) is 2.94. The molecule has 0 amide bonds. The summed E-state index contributed by atoms with van der Waals surface area (Å²) in [6, 6.07) is 16.6. The van der Waals surface area contributed by atoms with E-state index in [9.17, 15) is 0 Å². The maximum atomic E-state index is 7.46. The highest BCUT2D eigenvalue weighted by atomic mass is 14.7. The van der Waals surface area contributed by atoms with E-state index in [1.807, 2.05) is 49.4 Å². The molecule has 0 saturated carbocycles. The topological polar surface area (TPSA) is 99.7 Å². The molecule has 29 heavy (non-hydrogen) atoms. The lowest BCUT2D eigenvalue weighted by molar-refractivity contribution is 0.933. The molecule has 0 fully saturated rings. The maximum Gasteiger partial charge on any atom is 0.122 e. The molecule has 0 radical (unpaired) electrons. The minimum Gasteiger partial charge on any atom is -0.384 e. The molecule has 0 unspecified atom stereocenters. The zero-order chi connectivity index (χ0) is 21.2. The lowest BCUT2D eigenvalue weighted by atomic mass is 9.98.